The summed E-state index contributed by atoms with van der Waals surface area (Å²) >= 11 is 0. The Kier molecular flexibility index (Phi) is 4.27. The molecule has 114 valence electrons. The Labute approximate surface area is 126 Å². The molecule has 0 amide bonds. The van der Waals surface area contributed by atoms with Crippen molar-refractivity contribution in [3.63, 3.8) is 0 Å². The molecule has 2 heterocycles. The van der Waals surface area contributed by atoms with E-state index in [2.05, 4.69) is 23.1 Å². The summed E-state index contributed by atoms with van der Waals surface area (Å²) in [6.07, 6.45) is 2.75. The fourth-order valence-electron chi connectivity index (χ4n) is 3.62. The number of hydrogen-bond donors (Lipinski definition) is 0. The Morgan fingerprint density at radius 1 is 1.33 bits per heavy atom. The van der Waals surface area contributed by atoms with Gasteiger partial charge in [0.15, 0.2) is 0 Å². The maximum Gasteiger partial charge on any atom is 0.308 e. The standard InChI is InChI=1S/C17H23NO3/c1-2-21-16(19)11-17(18-9-5-6-10-18)13-20-12-14-7-3-4-8-15(14)17/h3-4,7-8H,2,5-6,9-13H2,1H3. The summed E-state index contributed by atoms with van der Waals surface area (Å²) < 4.78 is 11.1. The highest BCUT2D eigenvalue weighted by Crippen LogP contribution is 2.40. The second kappa shape index (κ2) is 6.16. The van der Waals surface area contributed by atoms with Gasteiger partial charge in [-0.15, -0.1) is 0 Å². The van der Waals surface area contributed by atoms with Crippen LogP contribution in [0, 0.1) is 0 Å². The van der Waals surface area contributed by atoms with Crippen molar-refractivity contribution >= 4 is 5.97 Å². The van der Waals surface area contributed by atoms with E-state index in [1.807, 2.05) is 13.0 Å². The van der Waals surface area contributed by atoms with Gasteiger partial charge in [-0.1, -0.05) is 24.3 Å². The Morgan fingerprint density at radius 2 is 2.10 bits per heavy atom. The van der Waals surface area contributed by atoms with Crippen LogP contribution in [0.4, 0.5) is 0 Å². The second-order valence-electron chi connectivity index (χ2n) is 5.86. The summed E-state index contributed by atoms with van der Waals surface area (Å²) in [5.41, 5.74) is 2.09. The third-order valence-corrected chi connectivity index (χ3v) is 4.57. The number of carbonyl (C=O) groups is 1. The summed E-state index contributed by atoms with van der Waals surface area (Å²) in [5, 5.41) is 0. The van der Waals surface area contributed by atoms with Gasteiger partial charge in [0, 0.05) is 0 Å². The minimum Gasteiger partial charge on any atom is -0.466 e. The maximum atomic E-state index is 12.2. The average molecular weight is 289 g/mol. The van der Waals surface area contributed by atoms with E-state index in [0.717, 1.165) is 13.1 Å². The molecule has 1 aromatic rings. The topological polar surface area (TPSA) is 38.8 Å². The molecule has 4 heteroatoms. The Morgan fingerprint density at radius 3 is 2.86 bits per heavy atom. The maximum absolute atomic E-state index is 12.2. The molecule has 0 saturated carbocycles. The van der Waals surface area contributed by atoms with Gasteiger partial charge in [0.2, 0.25) is 0 Å². The molecule has 0 spiro atoms. The first kappa shape index (κ1) is 14.5. The Hall–Kier alpha value is -1.39. The molecular formula is C17H23NO3. The summed E-state index contributed by atoms with van der Waals surface area (Å²) in [6.45, 7) is 5.54. The number of nitrogens with zero attached hydrogens (tertiary/aromatic N) is 1. The van der Waals surface area contributed by atoms with Gasteiger partial charge in [-0.2, -0.15) is 0 Å². The summed E-state index contributed by atoms with van der Waals surface area (Å²) in [5.74, 6) is -0.135. The van der Waals surface area contributed by atoms with E-state index in [0.29, 0.717) is 26.2 Å². The molecule has 0 aromatic heterocycles. The van der Waals surface area contributed by atoms with Crippen molar-refractivity contribution in [2.45, 2.75) is 38.3 Å². The summed E-state index contributed by atoms with van der Waals surface area (Å²) in [4.78, 5) is 14.6. The Bertz CT molecular complexity index is 511. The van der Waals surface area contributed by atoms with Gasteiger partial charge < -0.3 is 9.47 Å². The van der Waals surface area contributed by atoms with E-state index in [-0.39, 0.29) is 11.5 Å². The molecule has 0 bridgehead atoms. The van der Waals surface area contributed by atoms with Crippen molar-refractivity contribution in [2.75, 3.05) is 26.3 Å². The normalized spacial score (nSPS) is 25.6. The molecular weight excluding hydrogens is 266 g/mol. The zero-order valence-corrected chi connectivity index (χ0v) is 12.6. The van der Waals surface area contributed by atoms with E-state index in [1.165, 1.54) is 24.0 Å². The molecule has 1 aromatic carbocycles. The quantitative estimate of drug-likeness (QED) is 0.798. The van der Waals surface area contributed by atoms with Crippen molar-refractivity contribution in [3.05, 3.63) is 35.4 Å². The predicted molar refractivity (Wildman–Crippen MR) is 79.8 cm³/mol. The highest BCUT2D eigenvalue weighted by molar-refractivity contribution is 5.71. The van der Waals surface area contributed by atoms with Crippen LogP contribution in [0.1, 0.15) is 37.3 Å². The highest BCUT2D eigenvalue weighted by atomic mass is 16.5. The number of likely N-dealkylation sites (tertiary alicyclic amines) is 1. The zero-order chi connectivity index (χ0) is 14.7. The molecule has 1 unspecified atom stereocenters. The lowest BCUT2D eigenvalue weighted by Crippen LogP contribution is -2.52. The van der Waals surface area contributed by atoms with E-state index >= 15 is 0 Å². The van der Waals surface area contributed by atoms with Gasteiger partial charge >= 0.3 is 5.97 Å². The lowest BCUT2D eigenvalue weighted by atomic mass is 9.81. The SMILES string of the molecule is CCOC(=O)CC1(N2CCCC2)COCc2ccccc21. The van der Waals surface area contributed by atoms with Crippen LogP contribution >= 0.6 is 0 Å². The van der Waals surface area contributed by atoms with Crippen molar-refractivity contribution in [2.24, 2.45) is 0 Å². The molecule has 3 rings (SSSR count). The molecule has 21 heavy (non-hydrogen) atoms. The number of rotatable bonds is 4. The van der Waals surface area contributed by atoms with E-state index in [4.69, 9.17) is 9.47 Å². The second-order valence-corrected chi connectivity index (χ2v) is 5.86. The molecule has 1 atom stereocenters. The smallest absolute Gasteiger partial charge is 0.308 e. The number of esters is 1. The van der Waals surface area contributed by atoms with E-state index in [1.54, 1.807) is 0 Å². The van der Waals surface area contributed by atoms with Crippen LogP contribution in [0.15, 0.2) is 24.3 Å². The van der Waals surface area contributed by atoms with Crippen LogP contribution < -0.4 is 0 Å². The summed E-state index contributed by atoms with van der Waals surface area (Å²) in [7, 11) is 0. The minimum atomic E-state index is -0.350. The number of ether oxygens (including phenoxy) is 2. The molecule has 0 aliphatic carbocycles. The largest absolute Gasteiger partial charge is 0.466 e. The molecule has 0 N–H and O–H groups in total. The van der Waals surface area contributed by atoms with Gasteiger partial charge in [-0.3, -0.25) is 9.69 Å². The van der Waals surface area contributed by atoms with Crippen LogP contribution in [0.2, 0.25) is 0 Å². The van der Waals surface area contributed by atoms with Crippen LogP contribution in [0.25, 0.3) is 0 Å². The average Bonchev–Trinajstić information content (AvgIpc) is 3.02. The number of hydrogen-bond acceptors (Lipinski definition) is 4. The van der Waals surface area contributed by atoms with Gasteiger partial charge in [0.1, 0.15) is 0 Å². The number of benzene rings is 1. The van der Waals surface area contributed by atoms with Crippen LogP contribution in [0.5, 0.6) is 0 Å². The lowest BCUT2D eigenvalue weighted by molar-refractivity contribution is -0.149. The third-order valence-electron chi connectivity index (χ3n) is 4.57. The fraction of sp³-hybridized carbons (Fsp3) is 0.588. The van der Waals surface area contributed by atoms with Crippen LogP contribution in [-0.2, 0) is 26.4 Å². The predicted octanol–water partition coefficient (Wildman–Crippen LogP) is 2.46. The van der Waals surface area contributed by atoms with Gasteiger partial charge in [0.25, 0.3) is 0 Å². The number of carbonyl (C=O) groups excluding carboxylic acids is 1. The zero-order valence-electron chi connectivity index (χ0n) is 12.6. The van der Waals surface area contributed by atoms with Crippen molar-refractivity contribution in [1.29, 1.82) is 0 Å². The molecule has 0 radical (unpaired) electrons. The molecule has 1 fully saturated rings. The van der Waals surface area contributed by atoms with E-state index < -0.39 is 0 Å². The molecule has 1 saturated heterocycles. The fourth-order valence-corrected chi connectivity index (χ4v) is 3.62. The summed E-state index contributed by atoms with van der Waals surface area (Å²) in [6, 6.07) is 8.34. The molecule has 2 aliphatic heterocycles. The van der Waals surface area contributed by atoms with Gasteiger partial charge in [-0.25, -0.2) is 0 Å². The first-order valence-electron chi connectivity index (χ1n) is 7.83. The van der Waals surface area contributed by atoms with E-state index in [9.17, 15) is 4.79 Å². The van der Waals surface area contributed by atoms with Crippen molar-refractivity contribution in [3.8, 4) is 0 Å². The number of fused-ring (bicyclic) bond motifs is 1. The van der Waals surface area contributed by atoms with Crippen LogP contribution in [0.3, 0.4) is 0 Å². The van der Waals surface area contributed by atoms with Crippen molar-refractivity contribution in [1.82, 2.24) is 4.90 Å². The first-order valence-corrected chi connectivity index (χ1v) is 7.83. The van der Waals surface area contributed by atoms with Crippen molar-refractivity contribution < 1.29 is 14.3 Å². The Balaban J connectivity index is 1.98. The van der Waals surface area contributed by atoms with Crippen LogP contribution in [-0.4, -0.2) is 37.2 Å². The highest BCUT2D eigenvalue weighted by Gasteiger charge is 2.45. The lowest BCUT2D eigenvalue weighted by Gasteiger charge is -2.45. The minimum absolute atomic E-state index is 0.135. The molecule has 4 nitrogen and oxygen atoms in total. The first-order chi connectivity index (χ1) is 10.3. The van der Waals surface area contributed by atoms with Gasteiger partial charge in [0.05, 0.1) is 31.8 Å². The third kappa shape index (κ3) is 2.70. The molecule has 2 aliphatic rings. The van der Waals surface area contributed by atoms with Gasteiger partial charge in [-0.05, 0) is 44.0 Å². The monoisotopic (exact) mass is 289 g/mol.